The molecule has 1 aromatic rings. The molecule has 0 aliphatic rings. The summed E-state index contributed by atoms with van der Waals surface area (Å²) in [4.78, 5) is 11.8. The Morgan fingerprint density at radius 3 is 2.17 bits per heavy atom. The fourth-order valence-corrected chi connectivity index (χ4v) is 1.68. The summed E-state index contributed by atoms with van der Waals surface area (Å²) < 4.78 is 38.5. The van der Waals surface area contributed by atoms with Crippen LogP contribution in [0.25, 0.3) is 0 Å². The molecule has 4 nitrogen and oxygen atoms in total. The SMILES string of the molecule is Cn1nc(C(F)(F)F)c(Cl)c1C(=O)NC(C)(C)C. The van der Waals surface area contributed by atoms with E-state index in [2.05, 4.69) is 10.4 Å². The second-order valence-electron chi connectivity index (χ2n) is 4.84. The normalized spacial score (nSPS) is 12.7. The van der Waals surface area contributed by atoms with Crippen LogP contribution in [0.15, 0.2) is 0 Å². The third-order valence-corrected chi connectivity index (χ3v) is 2.32. The molecule has 18 heavy (non-hydrogen) atoms. The van der Waals surface area contributed by atoms with Crippen LogP contribution >= 0.6 is 11.6 Å². The maximum Gasteiger partial charge on any atom is 0.436 e. The van der Waals surface area contributed by atoms with Gasteiger partial charge in [-0.05, 0) is 20.8 Å². The number of aryl methyl sites for hydroxylation is 1. The number of hydrogen-bond acceptors (Lipinski definition) is 2. The quantitative estimate of drug-likeness (QED) is 0.861. The second-order valence-corrected chi connectivity index (χ2v) is 5.21. The Kier molecular flexibility index (Phi) is 3.67. The molecular weight excluding hydrogens is 271 g/mol. The van der Waals surface area contributed by atoms with Crippen LogP contribution in [-0.2, 0) is 13.2 Å². The van der Waals surface area contributed by atoms with E-state index >= 15 is 0 Å². The fourth-order valence-electron chi connectivity index (χ4n) is 1.33. The van der Waals surface area contributed by atoms with Gasteiger partial charge in [-0.15, -0.1) is 0 Å². The smallest absolute Gasteiger partial charge is 0.346 e. The predicted octanol–water partition coefficient (Wildman–Crippen LogP) is 2.62. The van der Waals surface area contributed by atoms with E-state index in [1.165, 1.54) is 7.05 Å². The highest BCUT2D eigenvalue weighted by atomic mass is 35.5. The first-order chi connectivity index (χ1) is 7.93. The van der Waals surface area contributed by atoms with E-state index < -0.39 is 28.3 Å². The summed E-state index contributed by atoms with van der Waals surface area (Å²) in [7, 11) is 1.23. The molecule has 0 spiro atoms. The molecule has 0 aliphatic carbocycles. The Morgan fingerprint density at radius 1 is 1.33 bits per heavy atom. The number of hydrogen-bond donors (Lipinski definition) is 1. The Balaban J connectivity index is 3.19. The monoisotopic (exact) mass is 283 g/mol. The van der Waals surface area contributed by atoms with Crippen molar-refractivity contribution >= 4 is 17.5 Å². The molecule has 1 rings (SSSR count). The fraction of sp³-hybridized carbons (Fsp3) is 0.600. The highest BCUT2D eigenvalue weighted by molar-refractivity contribution is 6.34. The molecule has 0 atom stereocenters. The van der Waals surface area contributed by atoms with Gasteiger partial charge < -0.3 is 5.32 Å². The van der Waals surface area contributed by atoms with Crippen LogP contribution in [0.5, 0.6) is 0 Å². The lowest BCUT2D eigenvalue weighted by molar-refractivity contribution is -0.141. The van der Waals surface area contributed by atoms with Crippen LogP contribution in [0.2, 0.25) is 5.02 Å². The second kappa shape index (κ2) is 4.46. The van der Waals surface area contributed by atoms with Crippen molar-refractivity contribution in [2.24, 2.45) is 7.05 Å². The van der Waals surface area contributed by atoms with Crippen molar-refractivity contribution in [1.29, 1.82) is 0 Å². The number of aromatic nitrogens is 2. The summed E-state index contributed by atoms with van der Waals surface area (Å²) in [5, 5.41) is 5.07. The minimum absolute atomic E-state index is 0.307. The Bertz CT molecular complexity index is 474. The van der Waals surface area contributed by atoms with E-state index in [1.54, 1.807) is 20.8 Å². The minimum atomic E-state index is -4.69. The Labute approximate surface area is 107 Å². The summed E-state index contributed by atoms with van der Waals surface area (Å²) >= 11 is 5.57. The average Bonchev–Trinajstić information content (AvgIpc) is 2.37. The molecule has 1 amide bonds. The molecule has 1 N–H and O–H groups in total. The van der Waals surface area contributed by atoms with Crippen molar-refractivity contribution in [1.82, 2.24) is 15.1 Å². The summed E-state index contributed by atoms with van der Waals surface area (Å²) in [5.74, 6) is -0.696. The van der Waals surface area contributed by atoms with Crippen molar-refractivity contribution in [3.05, 3.63) is 16.4 Å². The molecule has 1 heterocycles. The van der Waals surface area contributed by atoms with E-state index in [0.717, 1.165) is 4.68 Å². The maximum absolute atomic E-state index is 12.6. The summed E-state index contributed by atoms with van der Waals surface area (Å²) in [6, 6.07) is 0. The van der Waals surface area contributed by atoms with E-state index in [0.29, 0.717) is 0 Å². The summed E-state index contributed by atoms with van der Waals surface area (Å²) in [6.45, 7) is 5.12. The van der Waals surface area contributed by atoms with Crippen LogP contribution in [0.3, 0.4) is 0 Å². The highest BCUT2D eigenvalue weighted by Gasteiger charge is 2.40. The van der Waals surface area contributed by atoms with Gasteiger partial charge in [-0.3, -0.25) is 9.48 Å². The minimum Gasteiger partial charge on any atom is -0.346 e. The van der Waals surface area contributed by atoms with Gasteiger partial charge in [0.05, 0.1) is 0 Å². The van der Waals surface area contributed by atoms with Gasteiger partial charge in [0.2, 0.25) is 0 Å². The van der Waals surface area contributed by atoms with Crippen LogP contribution in [-0.4, -0.2) is 21.2 Å². The van der Waals surface area contributed by atoms with Crippen LogP contribution in [0, 0.1) is 0 Å². The van der Waals surface area contributed by atoms with Gasteiger partial charge in [-0.25, -0.2) is 0 Å². The first-order valence-corrected chi connectivity index (χ1v) is 5.43. The van der Waals surface area contributed by atoms with Gasteiger partial charge in [-0.2, -0.15) is 18.3 Å². The van der Waals surface area contributed by atoms with Gasteiger partial charge in [0.1, 0.15) is 10.7 Å². The zero-order chi connectivity index (χ0) is 14.3. The van der Waals surface area contributed by atoms with Crippen LogP contribution < -0.4 is 5.32 Å². The van der Waals surface area contributed by atoms with Crippen LogP contribution in [0.4, 0.5) is 13.2 Å². The number of halogens is 4. The van der Waals surface area contributed by atoms with Crippen molar-refractivity contribution in [3.63, 3.8) is 0 Å². The van der Waals surface area contributed by atoms with Crippen molar-refractivity contribution < 1.29 is 18.0 Å². The van der Waals surface area contributed by atoms with Crippen molar-refractivity contribution in [2.75, 3.05) is 0 Å². The lowest BCUT2D eigenvalue weighted by Gasteiger charge is -2.20. The number of nitrogens with one attached hydrogen (secondary N) is 1. The number of rotatable bonds is 1. The molecule has 0 radical (unpaired) electrons. The number of carbonyl (C=O) groups is 1. The largest absolute Gasteiger partial charge is 0.436 e. The van der Waals surface area contributed by atoms with Gasteiger partial charge in [0.25, 0.3) is 5.91 Å². The number of nitrogens with zero attached hydrogens (tertiary/aromatic N) is 2. The maximum atomic E-state index is 12.6. The first-order valence-electron chi connectivity index (χ1n) is 5.05. The van der Waals surface area contributed by atoms with Gasteiger partial charge in [-0.1, -0.05) is 11.6 Å². The predicted molar refractivity (Wildman–Crippen MR) is 60.4 cm³/mol. The highest BCUT2D eigenvalue weighted by Crippen LogP contribution is 2.35. The standard InChI is InChI=1S/C10H13ClF3N3O/c1-9(2,3)15-8(18)6-5(11)7(10(12,13)14)16-17(6)4/h1-4H3,(H,15,18). The molecule has 0 bridgehead atoms. The lowest BCUT2D eigenvalue weighted by Crippen LogP contribution is -2.41. The topological polar surface area (TPSA) is 46.9 Å². The van der Waals surface area contributed by atoms with Gasteiger partial charge in [0, 0.05) is 12.6 Å². The van der Waals surface area contributed by atoms with E-state index in [-0.39, 0.29) is 5.69 Å². The molecule has 0 saturated heterocycles. The van der Waals surface area contributed by atoms with Gasteiger partial charge >= 0.3 is 6.18 Å². The first kappa shape index (κ1) is 14.8. The number of alkyl halides is 3. The number of carbonyl (C=O) groups excluding carboxylic acids is 1. The molecule has 0 fully saturated rings. The molecule has 0 saturated carbocycles. The summed E-state index contributed by atoms with van der Waals surface area (Å²) in [5.41, 5.74) is -2.15. The van der Waals surface area contributed by atoms with Crippen molar-refractivity contribution in [2.45, 2.75) is 32.5 Å². The molecule has 0 unspecified atom stereocenters. The van der Waals surface area contributed by atoms with E-state index in [9.17, 15) is 18.0 Å². The average molecular weight is 284 g/mol. The zero-order valence-electron chi connectivity index (χ0n) is 10.3. The lowest BCUT2D eigenvalue weighted by atomic mass is 10.1. The van der Waals surface area contributed by atoms with E-state index in [4.69, 9.17) is 11.6 Å². The molecule has 0 aromatic carbocycles. The zero-order valence-corrected chi connectivity index (χ0v) is 11.1. The molecule has 1 aromatic heterocycles. The van der Waals surface area contributed by atoms with Crippen molar-refractivity contribution in [3.8, 4) is 0 Å². The summed E-state index contributed by atoms with van der Waals surface area (Å²) in [6.07, 6.45) is -4.69. The van der Waals surface area contributed by atoms with Gasteiger partial charge in [0.15, 0.2) is 5.69 Å². The third kappa shape index (κ3) is 3.16. The Morgan fingerprint density at radius 2 is 1.83 bits per heavy atom. The third-order valence-electron chi connectivity index (χ3n) is 1.96. The molecule has 102 valence electrons. The van der Waals surface area contributed by atoms with Crippen LogP contribution in [0.1, 0.15) is 37.0 Å². The molecule has 8 heteroatoms. The number of amides is 1. The van der Waals surface area contributed by atoms with E-state index in [1.807, 2.05) is 0 Å². The Hall–Kier alpha value is -1.24. The molecular formula is C10H13ClF3N3O. The molecule has 0 aliphatic heterocycles.